The van der Waals surface area contributed by atoms with E-state index in [-0.39, 0.29) is 5.82 Å². The summed E-state index contributed by atoms with van der Waals surface area (Å²) < 4.78 is 18.6. The molecule has 0 amide bonds. The highest BCUT2D eigenvalue weighted by Gasteiger charge is 2.06. The SMILES string of the molecule is CN=C(NCCOc1cccc(F)c1)N(C)CCc1cccs1. The second-order valence-electron chi connectivity index (χ2n) is 5.03. The maximum Gasteiger partial charge on any atom is 0.193 e. The molecule has 2 rings (SSSR count). The fourth-order valence-corrected chi connectivity index (χ4v) is 2.81. The molecule has 0 unspecified atom stereocenters. The van der Waals surface area contributed by atoms with E-state index in [1.54, 1.807) is 30.5 Å². The highest BCUT2D eigenvalue weighted by atomic mass is 32.1. The number of likely N-dealkylation sites (N-methyl/N-ethyl adjacent to an activating group) is 1. The molecular weight excluding hydrogens is 313 g/mol. The number of hydrogen-bond donors (Lipinski definition) is 1. The van der Waals surface area contributed by atoms with E-state index in [9.17, 15) is 4.39 Å². The number of thiophene rings is 1. The Morgan fingerprint density at radius 1 is 1.35 bits per heavy atom. The van der Waals surface area contributed by atoms with Gasteiger partial charge in [0.15, 0.2) is 5.96 Å². The van der Waals surface area contributed by atoms with Gasteiger partial charge in [-0.05, 0) is 30.0 Å². The average molecular weight is 335 g/mol. The Bertz CT molecular complexity index is 616. The quantitative estimate of drug-likeness (QED) is 0.480. The summed E-state index contributed by atoms with van der Waals surface area (Å²) in [5, 5.41) is 5.33. The van der Waals surface area contributed by atoms with Crippen molar-refractivity contribution in [2.75, 3.05) is 33.8 Å². The fourth-order valence-electron chi connectivity index (χ4n) is 2.11. The molecular formula is C17H22FN3OS. The summed E-state index contributed by atoms with van der Waals surface area (Å²) in [6.07, 6.45) is 0.995. The van der Waals surface area contributed by atoms with E-state index in [2.05, 4.69) is 32.7 Å². The first-order valence-corrected chi connectivity index (χ1v) is 8.39. The van der Waals surface area contributed by atoms with Gasteiger partial charge in [-0.2, -0.15) is 0 Å². The highest BCUT2D eigenvalue weighted by molar-refractivity contribution is 7.09. The van der Waals surface area contributed by atoms with Crippen molar-refractivity contribution >= 4 is 17.3 Å². The molecule has 124 valence electrons. The number of hydrogen-bond acceptors (Lipinski definition) is 3. The molecule has 0 saturated carbocycles. The van der Waals surface area contributed by atoms with E-state index in [1.807, 2.05) is 7.05 Å². The van der Waals surface area contributed by atoms with Crippen molar-refractivity contribution in [1.82, 2.24) is 10.2 Å². The molecule has 1 heterocycles. The number of ether oxygens (including phenoxy) is 1. The second kappa shape index (κ2) is 9.15. The van der Waals surface area contributed by atoms with Crippen LogP contribution >= 0.6 is 11.3 Å². The van der Waals surface area contributed by atoms with E-state index in [0.717, 1.165) is 18.9 Å². The first-order chi connectivity index (χ1) is 11.2. The van der Waals surface area contributed by atoms with Gasteiger partial charge in [-0.25, -0.2) is 4.39 Å². The van der Waals surface area contributed by atoms with Crippen molar-refractivity contribution < 1.29 is 9.13 Å². The van der Waals surface area contributed by atoms with Gasteiger partial charge < -0.3 is 15.0 Å². The minimum Gasteiger partial charge on any atom is -0.492 e. The van der Waals surface area contributed by atoms with E-state index < -0.39 is 0 Å². The second-order valence-corrected chi connectivity index (χ2v) is 6.06. The molecule has 0 radical (unpaired) electrons. The number of nitrogens with one attached hydrogen (secondary N) is 1. The van der Waals surface area contributed by atoms with E-state index in [1.165, 1.54) is 17.0 Å². The lowest BCUT2D eigenvalue weighted by Crippen LogP contribution is -2.41. The summed E-state index contributed by atoms with van der Waals surface area (Å²) in [5.41, 5.74) is 0. The largest absolute Gasteiger partial charge is 0.492 e. The van der Waals surface area contributed by atoms with Crippen LogP contribution in [0.15, 0.2) is 46.8 Å². The standard InChI is InChI=1S/C17H22FN3OS/c1-19-17(21(2)10-8-16-7-4-12-23-16)20-9-11-22-15-6-3-5-14(18)13-15/h3-7,12-13H,8-11H2,1-2H3,(H,19,20). The number of aliphatic imine (C=N–C) groups is 1. The summed E-state index contributed by atoms with van der Waals surface area (Å²) >= 11 is 1.77. The van der Waals surface area contributed by atoms with Crippen molar-refractivity contribution in [1.29, 1.82) is 0 Å². The Labute approximate surface area is 140 Å². The topological polar surface area (TPSA) is 36.9 Å². The van der Waals surface area contributed by atoms with Crippen LogP contribution in [0, 0.1) is 5.82 Å². The molecule has 0 spiro atoms. The smallest absolute Gasteiger partial charge is 0.193 e. The van der Waals surface area contributed by atoms with Gasteiger partial charge in [-0.1, -0.05) is 12.1 Å². The van der Waals surface area contributed by atoms with Gasteiger partial charge in [0.1, 0.15) is 18.2 Å². The Morgan fingerprint density at radius 3 is 2.91 bits per heavy atom. The number of nitrogens with zero attached hydrogens (tertiary/aromatic N) is 2. The van der Waals surface area contributed by atoms with Crippen LogP contribution in [0.25, 0.3) is 0 Å². The van der Waals surface area contributed by atoms with Gasteiger partial charge in [0, 0.05) is 31.6 Å². The van der Waals surface area contributed by atoms with Gasteiger partial charge in [0.2, 0.25) is 0 Å². The summed E-state index contributed by atoms with van der Waals surface area (Å²) in [6.45, 7) is 1.94. The lowest BCUT2D eigenvalue weighted by atomic mass is 10.3. The zero-order valence-electron chi connectivity index (χ0n) is 13.5. The van der Waals surface area contributed by atoms with Crippen molar-refractivity contribution in [2.24, 2.45) is 4.99 Å². The third-order valence-corrected chi connectivity index (χ3v) is 4.23. The monoisotopic (exact) mass is 335 g/mol. The minimum atomic E-state index is -0.292. The van der Waals surface area contributed by atoms with Gasteiger partial charge in [0.25, 0.3) is 0 Å². The Hall–Kier alpha value is -2.08. The molecule has 1 N–H and O–H groups in total. The molecule has 0 bridgehead atoms. The predicted molar refractivity (Wildman–Crippen MR) is 93.9 cm³/mol. The van der Waals surface area contributed by atoms with Gasteiger partial charge in [0.05, 0.1) is 6.54 Å². The van der Waals surface area contributed by atoms with Crippen LogP contribution in [0.4, 0.5) is 4.39 Å². The number of guanidine groups is 1. The van der Waals surface area contributed by atoms with Crippen LogP contribution in [0.5, 0.6) is 5.75 Å². The van der Waals surface area contributed by atoms with Crippen LogP contribution in [0.2, 0.25) is 0 Å². The van der Waals surface area contributed by atoms with Gasteiger partial charge in [-0.15, -0.1) is 11.3 Å². The highest BCUT2D eigenvalue weighted by Crippen LogP contribution is 2.11. The Morgan fingerprint density at radius 2 is 2.22 bits per heavy atom. The van der Waals surface area contributed by atoms with Crippen LogP contribution in [-0.4, -0.2) is 44.7 Å². The fraction of sp³-hybridized carbons (Fsp3) is 0.353. The Kier molecular flexibility index (Phi) is 6.87. The summed E-state index contributed by atoms with van der Waals surface area (Å²) in [4.78, 5) is 7.71. The first-order valence-electron chi connectivity index (χ1n) is 7.51. The zero-order chi connectivity index (χ0) is 16.5. The molecule has 0 atom stereocenters. The van der Waals surface area contributed by atoms with Crippen LogP contribution in [-0.2, 0) is 6.42 Å². The van der Waals surface area contributed by atoms with Gasteiger partial charge >= 0.3 is 0 Å². The molecule has 4 nitrogen and oxygen atoms in total. The summed E-state index contributed by atoms with van der Waals surface area (Å²) in [7, 11) is 3.77. The summed E-state index contributed by atoms with van der Waals surface area (Å²) in [6, 6.07) is 10.4. The number of benzene rings is 1. The van der Waals surface area contributed by atoms with E-state index in [0.29, 0.717) is 18.9 Å². The molecule has 0 saturated heterocycles. The lowest BCUT2D eigenvalue weighted by molar-refractivity contribution is 0.318. The number of rotatable bonds is 7. The first kappa shape index (κ1) is 17.3. The Balaban J connectivity index is 1.69. The van der Waals surface area contributed by atoms with Crippen LogP contribution in [0.3, 0.4) is 0 Å². The summed E-state index contributed by atoms with van der Waals surface area (Å²) in [5.74, 6) is 1.07. The molecule has 0 fully saturated rings. The average Bonchev–Trinajstić information content (AvgIpc) is 3.06. The van der Waals surface area contributed by atoms with Crippen molar-refractivity contribution in [2.45, 2.75) is 6.42 Å². The molecule has 1 aromatic heterocycles. The third kappa shape index (κ3) is 5.90. The normalized spacial score (nSPS) is 11.3. The third-order valence-electron chi connectivity index (χ3n) is 3.30. The van der Waals surface area contributed by atoms with E-state index >= 15 is 0 Å². The molecule has 2 aromatic rings. The molecule has 1 aromatic carbocycles. The van der Waals surface area contributed by atoms with Gasteiger partial charge in [-0.3, -0.25) is 4.99 Å². The zero-order valence-corrected chi connectivity index (χ0v) is 14.3. The van der Waals surface area contributed by atoms with E-state index in [4.69, 9.17) is 4.74 Å². The molecule has 0 aliphatic heterocycles. The van der Waals surface area contributed by atoms with Crippen LogP contribution < -0.4 is 10.1 Å². The maximum absolute atomic E-state index is 13.0. The molecule has 0 aliphatic rings. The lowest BCUT2D eigenvalue weighted by Gasteiger charge is -2.21. The van der Waals surface area contributed by atoms with Crippen LogP contribution in [0.1, 0.15) is 4.88 Å². The molecule has 0 aliphatic carbocycles. The van der Waals surface area contributed by atoms with Crippen molar-refractivity contribution in [3.05, 3.63) is 52.5 Å². The predicted octanol–water partition coefficient (Wildman–Crippen LogP) is 3.02. The van der Waals surface area contributed by atoms with Crippen molar-refractivity contribution in [3.8, 4) is 5.75 Å². The maximum atomic E-state index is 13.0. The minimum absolute atomic E-state index is 0.292. The molecule has 23 heavy (non-hydrogen) atoms. The molecule has 6 heteroatoms. The van der Waals surface area contributed by atoms with Crippen molar-refractivity contribution in [3.63, 3.8) is 0 Å². The number of halogens is 1.